The van der Waals surface area contributed by atoms with Crippen LogP contribution < -0.4 is 10.2 Å². The van der Waals surface area contributed by atoms with Gasteiger partial charge in [-0.15, -0.1) is 0 Å². The number of carbonyl (C=O) groups is 2. The Morgan fingerprint density at radius 2 is 1.82 bits per heavy atom. The van der Waals surface area contributed by atoms with Crippen molar-refractivity contribution in [3.8, 4) is 17.2 Å². The maximum Gasteiger partial charge on any atom is 0.335 e. The Hall–Kier alpha value is -3.58. The Labute approximate surface area is 204 Å². The summed E-state index contributed by atoms with van der Waals surface area (Å²) in [5.74, 6) is -0.334. The molecule has 1 amide bonds. The van der Waals surface area contributed by atoms with E-state index in [0.29, 0.717) is 17.8 Å². The van der Waals surface area contributed by atoms with Crippen LogP contribution in [0.5, 0.6) is 0 Å². The fourth-order valence-corrected chi connectivity index (χ4v) is 4.19. The minimum Gasteiger partial charge on any atom is -0.478 e. The molecule has 2 atom stereocenters. The van der Waals surface area contributed by atoms with Crippen molar-refractivity contribution < 1.29 is 14.7 Å². The molecule has 33 heavy (non-hydrogen) atoms. The van der Waals surface area contributed by atoms with Crippen LogP contribution in [0, 0.1) is 11.3 Å². The summed E-state index contributed by atoms with van der Waals surface area (Å²) in [6.07, 6.45) is 2.22. The summed E-state index contributed by atoms with van der Waals surface area (Å²) < 4.78 is 0. The average Bonchev–Trinajstić information content (AvgIpc) is 2.79. The third-order valence-corrected chi connectivity index (χ3v) is 5.70. The van der Waals surface area contributed by atoms with Crippen molar-refractivity contribution in [3.05, 3.63) is 77.5 Å². The number of anilines is 2. The number of hydrogen-bond acceptors (Lipinski definition) is 5. The number of benzene rings is 2. The van der Waals surface area contributed by atoms with Crippen molar-refractivity contribution >= 4 is 42.2 Å². The molecular formula is C25H22LiN4O3. The van der Waals surface area contributed by atoms with Crippen LogP contribution in [0.15, 0.2) is 60.8 Å². The van der Waals surface area contributed by atoms with Crippen molar-refractivity contribution in [1.82, 2.24) is 4.98 Å². The van der Waals surface area contributed by atoms with Crippen LogP contribution in [0.4, 0.5) is 11.5 Å². The van der Waals surface area contributed by atoms with Gasteiger partial charge in [0.15, 0.2) is 0 Å². The zero-order valence-electron chi connectivity index (χ0n) is 18.7. The van der Waals surface area contributed by atoms with Gasteiger partial charge >= 0.3 is 5.97 Å². The van der Waals surface area contributed by atoms with E-state index in [-0.39, 0.29) is 42.4 Å². The first-order chi connectivity index (χ1) is 15.4. The molecule has 0 saturated heterocycles. The van der Waals surface area contributed by atoms with E-state index in [2.05, 4.69) is 16.4 Å². The second-order valence-corrected chi connectivity index (χ2v) is 7.87. The predicted molar refractivity (Wildman–Crippen MR) is 127 cm³/mol. The number of nitrogens with one attached hydrogen (secondary N) is 1. The van der Waals surface area contributed by atoms with E-state index in [9.17, 15) is 9.59 Å². The monoisotopic (exact) mass is 433 g/mol. The third kappa shape index (κ3) is 4.93. The molecule has 2 heterocycles. The van der Waals surface area contributed by atoms with Crippen molar-refractivity contribution in [2.45, 2.75) is 32.4 Å². The second-order valence-electron chi connectivity index (χ2n) is 7.87. The Kier molecular flexibility index (Phi) is 7.23. The Morgan fingerprint density at radius 3 is 2.39 bits per heavy atom. The molecule has 1 aliphatic rings. The standard InChI is InChI=1S/C25H22N4O3.Li/c1-15-11-22(28-24-10-3-17(13-26)14-27-24)21-12-20(8-9-23(21)29(15)16(2)30)18-4-6-19(7-5-18)25(31)32;/h3-10,12,14-15,22H,11H2,1-2H3,(H,27,28)(H,31,32);/t15-,22+;/m0./s1. The average molecular weight is 433 g/mol. The molecular weight excluding hydrogens is 411 g/mol. The second kappa shape index (κ2) is 9.91. The molecule has 1 aliphatic heterocycles. The topological polar surface area (TPSA) is 106 Å². The van der Waals surface area contributed by atoms with E-state index in [1.54, 1.807) is 48.2 Å². The quantitative estimate of drug-likeness (QED) is 0.596. The van der Waals surface area contributed by atoms with E-state index >= 15 is 0 Å². The summed E-state index contributed by atoms with van der Waals surface area (Å²) in [4.78, 5) is 29.7. The molecule has 2 aromatic carbocycles. The first kappa shape index (κ1) is 24.1. The van der Waals surface area contributed by atoms with Gasteiger partial charge in [-0.1, -0.05) is 18.2 Å². The maximum absolute atomic E-state index is 12.4. The number of hydrogen-bond donors (Lipinski definition) is 2. The minimum absolute atomic E-state index is 0. The van der Waals surface area contributed by atoms with Gasteiger partial charge in [-0.2, -0.15) is 5.26 Å². The van der Waals surface area contributed by atoms with Crippen LogP contribution in [0.3, 0.4) is 0 Å². The van der Waals surface area contributed by atoms with Gasteiger partial charge in [-0.05, 0) is 66.4 Å². The van der Waals surface area contributed by atoms with Crippen LogP contribution >= 0.6 is 0 Å². The van der Waals surface area contributed by atoms with Gasteiger partial charge in [0.05, 0.1) is 17.2 Å². The van der Waals surface area contributed by atoms with Gasteiger partial charge in [0.2, 0.25) is 5.91 Å². The van der Waals surface area contributed by atoms with E-state index in [1.807, 2.05) is 25.1 Å². The van der Waals surface area contributed by atoms with E-state index in [1.165, 1.54) is 6.20 Å². The Balaban J connectivity index is 0.00000306. The molecule has 0 aliphatic carbocycles. The van der Waals surface area contributed by atoms with Gasteiger partial charge in [0.1, 0.15) is 11.9 Å². The molecule has 4 rings (SSSR count). The summed E-state index contributed by atoms with van der Waals surface area (Å²) in [6.45, 7) is 3.58. The van der Waals surface area contributed by atoms with Crippen LogP contribution in [0.25, 0.3) is 11.1 Å². The van der Waals surface area contributed by atoms with Gasteiger partial charge in [0, 0.05) is 43.7 Å². The van der Waals surface area contributed by atoms with Crippen molar-refractivity contribution in [3.63, 3.8) is 0 Å². The summed E-state index contributed by atoms with van der Waals surface area (Å²) in [5.41, 5.74) is 4.34. The number of fused-ring (bicyclic) bond motifs is 1. The molecule has 8 heteroatoms. The first-order valence-electron chi connectivity index (χ1n) is 10.3. The number of nitrogens with zero attached hydrogens (tertiary/aromatic N) is 3. The predicted octanol–water partition coefficient (Wildman–Crippen LogP) is 4.24. The maximum atomic E-state index is 12.4. The summed E-state index contributed by atoms with van der Waals surface area (Å²) >= 11 is 0. The number of carboxylic acids is 1. The van der Waals surface area contributed by atoms with Crippen LogP contribution in [0.1, 0.15) is 47.8 Å². The summed E-state index contributed by atoms with van der Waals surface area (Å²) in [6, 6.07) is 18.1. The van der Waals surface area contributed by atoms with E-state index in [0.717, 1.165) is 22.4 Å². The van der Waals surface area contributed by atoms with E-state index in [4.69, 9.17) is 10.4 Å². The number of amides is 1. The zero-order valence-corrected chi connectivity index (χ0v) is 18.7. The largest absolute Gasteiger partial charge is 0.478 e. The van der Waals surface area contributed by atoms with Gasteiger partial charge in [0.25, 0.3) is 0 Å². The normalized spacial score (nSPS) is 16.7. The number of carboxylic acid groups (broad SMARTS) is 1. The van der Waals surface area contributed by atoms with Crippen molar-refractivity contribution in [2.24, 2.45) is 0 Å². The molecule has 0 saturated carbocycles. The Morgan fingerprint density at radius 1 is 1.12 bits per heavy atom. The molecule has 0 fully saturated rings. The fourth-order valence-electron chi connectivity index (χ4n) is 4.19. The van der Waals surface area contributed by atoms with Gasteiger partial charge in [-0.3, -0.25) is 4.79 Å². The van der Waals surface area contributed by atoms with Crippen LogP contribution in [-0.2, 0) is 4.79 Å². The summed E-state index contributed by atoms with van der Waals surface area (Å²) in [7, 11) is 0. The molecule has 0 unspecified atom stereocenters. The molecule has 3 aromatic rings. The third-order valence-electron chi connectivity index (χ3n) is 5.70. The van der Waals surface area contributed by atoms with Crippen molar-refractivity contribution in [1.29, 1.82) is 5.26 Å². The van der Waals surface area contributed by atoms with E-state index < -0.39 is 5.97 Å². The number of aromatic carboxylic acids is 1. The first-order valence-corrected chi connectivity index (χ1v) is 10.3. The Bertz CT molecular complexity index is 1220. The number of rotatable bonds is 4. The molecule has 1 aromatic heterocycles. The molecule has 2 N–H and O–H groups in total. The number of aromatic nitrogens is 1. The van der Waals surface area contributed by atoms with Gasteiger partial charge in [-0.25, -0.2) is 9.78 Å². The smallest absolute Gasteiger partial charge is 0.335 e. The molecule has 0 spiro atoms. The SMILES string of the molecule is CC(=O)N1c2ccc(-c3ccc(C(=O)O)cc3)cc2[C@H](Nc2ccc(C#N)cn2)C[C@@H]1C.[Li]. The van der Waals surface area contributed by atoms with Crippen molar-refractivity contribution in [2.75, 3.05) is 10.2 Å². The van der Waals surface area contributed by atoms with Crippen LogP contribution in [-0.4, -0.2) is 46.9 Å². The molecule has 1 radical (unpaired) electrons. The fraction of sp³-hybridized carbons (Fsp3) is 0.200. The number of pyridine rings is 1. The zero-order chi connectivity index (χ0) is 22.8. The molecule has 161 valence electrons. The number of carbonyl (C=O) groups excluding carboxylic acids is 1. The van der Waals surface area contributed by atoms with Crippen LogP contribution in [0.2, 0.25) is 0 Å². The molecule has 7 nitrogen and oxygen atoms in total. The minimum atomic E-state index is -0.966. The summed E-state index contributed by atoms with van der Waals surface area (Å²) in [5, 5.41) is 21.6. The molecule has 0 bridgehead atoms. The van der Waals surface area contributed by atoms with Gasteiger partial charge < -0.3 is 15.3 Å². The number of nitriles is 1.